The minimum atomic E-state index is -2.99. The Labute approximate surface area is 244 Å². The number of unbranched alkanes of at least 4 members (excludes halogenated alkanes) is 1. The van der Waals surface area contributed by atoms with Crippen molar-refractivity contribution >= 4 is 46.8 Å². The second-order valence-corrected chi connectivity index (χ2v) is 10.2. The fourth-order valence-corrected chi connectivity index (χ4v) is 4.60. The number of hydrogen-bond acceptors (Lipinski definition) is 4. The number of primary amides is 1. The largest absolute Gasteiger partial charge is 0.447 e. The third-order valence-corrected chi connectivity index (χ3v) is 7.14. The van der Waals surface area contributed by atoms with Gasteiger partial charge in [-0.2, -0.15) is 0 Å². The van der Waals surface area contributed by atoms with Gasteiger partial charge in [0, 0.05) is 17.0 Å². The third kappa shape index (κ3) is 8.33. The molecule has 0 bridgehead atoms. The fraction of sp³-hybridized carbons (Fsp3) is 0.296. The highest BCUT2D eigenvalue weighted by molar-refractivity contribution is 6.42. The van der Waals surface area contributed by atoms with Crippen LogP contribution in [0.15, 0.2) is 59.9 Å². The number of alkyl halides is 2. The van der Waals surface area contributed by atoms with E-state index in [4.69, 9.17) is 45.3 Å². The van der Waals surface area contributed by atoms with Crippen molar-refractivity contribution in [3.8, 4) is 11.3 Å². The van der Waals surface area contributed by atoms with Gasteiger partial charge in [-0.05, 0) is 54.7 Å². The number of benzene rings is 2. The second kappa shape index (κ2) is 13.8. The molecule has 2 aromatic carbocycles. The van der Waals surface area contributed by atoms with Crippen LogP contribution in [-0.2, 0) is 22.5 Å². The Morgan fingerprint density at radius 1 is 1.15 bits per heavy atom. The molecule has 40 heavy (non-hydrogen) atoms. The summed E-state index contributed by atoms with van der Waals surface area (Å²) < 4.78 is 33.1. The van der Waals surface area contributed by atoms with Gasteiger partial charge in [-0.3, -0.25) is 14.7 Å². The average molecular weight is 616 g/mol. The van der Waals surface area contributed by atoms with Gasteiger partial charge in [0.1, 0.15) is 13.2 Å². The van der Waals surface area contributed by atoms with Crippen LogP contribution in [0.1, 0.15) is 36.4 Å². The Morgan fingerprint density at radius 2 is 1.85 bits per heavy atom. The van der Waals surface area contributed by atoms with Gasteiger partial charge in [-0.25, -0.2) is 18.3 Å². The molecule has 8 nitrogen and oxygen atoms in total. The van der Waals surface area contributed by atoms with Gasteiger partial charge in [0.2, 0.25) is 5.91 Å². The van der Waals surface area contributed by atoms with E-state index in [0.29, 0.717) is 39.9 Å². The number of carbonyl (C=O) groups excluding carboxylic acids is 2. The highest BCUT2D eigenvalue weighted by Gasteiger charge is 2.25. The number of halogens is 5. The number of nitrogens with two attached hydrogens (primary N) is 1. The molecule has 0 aliphatic rings. The molecular weight excluding hydrogens is 589 g/mol. The van der Waals surface area contributed by atoms with Crippen LogP contribution in [0.3, 0.4) is 0 Å². The molecule has 1 aromatic heterocycles. The highest BCUT2D eigenvalue weighted by atomic mass is 35.5. The number of H-pyrrole nitrogens is 1. The highest BCUT2D eigenvalue weighted by Crippen LogP contribution is 2.30. The van der Waals surface area contributed by atoms with Gasteiger partial charge in [-0.1, -0.05) is 65.6 Å². The summed E-state index contributed by atoms with van der Waals surface area (Å²) >= 11 is 18.4. The molecule has 214 valence electrons. The minimum absolute atomic E-state index is 0.147. The Kier molecular flexibility index (Phi) is 10.8. The monoisotopic (exact) mass is 614 g/mol. The molecule has 3 aromatic rings. The van der Waals surface area contributed by atoms with Crippen molar-refractivity contribution in [3.05, 3.63) is 91.7 Å². The molecule has 1 heterocycles. The molecule has 0 spiro atoms. The minimum Gasteiger partial charge on any atom is -0.447 e. The zero-order valence-corrected chi connectivity index (χ0v) is 23.5. The average Bonchev–Trinajstić information content (AvgIpc) is 3.21. The first-order valence-corrected chi connectivity index (χ1v) is 13.3. The number of ether oxygens (including phenoxy) is 1. The van der Waals surface area contributed by atoms with Crippen LogP contribution in [0, 0.1) is 0 Å². The third-order valence-electron chi connectivity index (χ3n) is 6.06. The van der Waals surface area contributed by atoms with Crippen LogP contribution in [0.25, 0.3) is 11.3 Å². The van der Waals surface area contributed by atoms with Crippen LogP contribution >= 0.6 is 34.8 Å². The smallest absolute Gasteiger partial charge is 0.404 e. The molecule has 0 saturated heterocycles. The lowest BCUT2D eigenvalue weighted by Gasteiger charge is -2.20. The van der Waals surface area contributed by atoms with E-state index >= 15 is 0 Å². The summed E-state index contributed by atoms with van der Waals surface area (Å²) in [4.78, 5) is 37.6. The number of amides is 2. The number of hydrogen-bond donors (Lipinski definition) is 3. The molecule has 0 saturated carbocycles. The Balaban J connectivity index is 1.85. The van der Waals surface area contributed by atoms with Gasteiger partial charge >= 0.3 is 6.09 Å². The molecule has 13 heteroatoms. The van der Waals surface area contributed by atoms with E-state index in [2.05, 4.69) is 17.0 Å². The number of carbonyl (C=O) groups is 2. The SMILES string of the molecule is C=CC(F)(F)CCCCc1c(-c2ccc(Cl)cc2)[nH]n(CC(=O)NC(COC(N)=O)c2cccc(Cl)c2Cl)c1=O. The maximum Gasteiger partial charge on any atom is 0.404 e. The van der Waals surface area contributed by atoms with Gasteiger partial charge in [0.15, 0.2) is 0 Å². The van der Waals surface area contributed by atoms with Crippen molar-refractivity contribution in [3.63, 3.8) is 0 Å². The quantitative estimate of drug-likeness (QED) is 0.155. The normalized spacial score (nSPS) is 12.1. The lowest BCUT2D eigenvalue weighted by molar-refractivity contribution is -0.123. The predicted molar refractivity (Wildman–Crippen MR) is 151 cm³/mol. The van der Waals surface area contributed by atoms with Crippen LogP contribution in [0.4, 0.5) is 13.6 Å². The Hall–Kier alpha value is -3.34. The summed E-state index contributed by atoms with van der Waals surface area (Å²) in [5.74, 6) is -3.60. The van der Waals surface area contributed by atoms with E-state index in [0.717, 1.165) is 4.68 Å². The van der Waals surface area contributed by atoms with Crippen molar-refractivity contribution in [2.24, 2.45) is 5.73 Å². The number of allylic oxidation sites excluding steroid dienone is 1. The maximum atomic E-state index is 13.6. The summed E-state index contributed by atoms with van der Waals surface area (Å²) in [5, 5.41) is 6.49. The molecule has 0 aliphatic carbocycles. The summed E-state index contributed by atoms with van der Waals surface area (Å²) in [6, 6.07) is 10.5. The number of aromatic amines is 1. The molecule has 0 fully saturated rings. The first kappa shape index (κ1) is 31.2. The Bertz CT molecular complexity index is 1420. The van der Waals surface area contributed by atoms with Gasteiger partial charge in [0.05, 0.1) is 21.8 Å². The zero-order chi connectivity index (χ0) is 29.4. The Morgan fingerprint density at radius 3 is 2.50 bits per heavy atom. The lowest BCUT2D eigenvalue weighted by Crippen LogP contribution is -2.37. The standard InChI is InChI=1S/C27H27Cl3F2N4O4/c1-2-27(31,32)13-4-3-6-19-24(16-9-11-17(28)12-10-16)35-36(25(19)38)14-22(37)34-21(15-40-26(33)39)18-7-5-8-20(29)23(18)30/h2,5,7-12,21,35H,1,3-4,6,13-15H2,(H2,33,39)(H,34,37). The number of aromatic nitrogens is 2. The van der Waals surface area contributed by atoms with E-state index in [-0.39, 0.29) is 29.5 Å². The van der Waals surface area contributed by atoms with Crippen LogP contribution < -0.4 is 16.6 Å². The van der Waals surface area contributed by atoms with E-state index < -0.39 is 42.5 Å². The maximum absolute atomic E-state index is 13.6. The van der Waals surface area contributed by atoms with E-state index in [1.54, 1.807) is 42.5 Å². The fourth-order valence-electron chi connectivity index (χ4n) is 4.03. The summed E-state index contributed by atoms with van der Waals surface area (Å²) in [6.07, 6.45) is -0.181. The van der Waals surface area contributed by atoms with Crippen LogP contribution in [0.2, 0.25) is 15.1 Å². The van der Waals surface area contributed by atoms with Crippen LogP contribution in [-0.4, -0.2) is 34.3 Å². The number of nitrogens with zero attached hydrogens (tertiary/aromatic N) is 1. The van der Waals surface area contributed by atoms with Crippen molar-refractivity contribution in [2.45, 2.75) is 44.2 Å². The summed E-state index contributed by atoms with van der Waals surface area (Å²) in [7, 11) is 0. The molecule has 4 N–H and O–H groups in total. The van der Waals surface area contributed by atoms with Gasteiger partial charge < -0.3 is 15.8 Å². The summed E-state index contributed by atoms with van der Waals surface area (Å²) in [5.41, 5.74) is 6.39. The summed E-state index contributed by atoms with van der Waals surface area (Å²) in [6.45, 7) is 2.38. The number of rotatable bonds is 13. The van der Waals surface area contributed by atoms with Crippen molar-refractivity contribution < 1.29 is 23.1 Å². The first-order valence-electron chi connectivity index (χ1n) is 12.2. The van der Waals surface area contributed by atoms with Crippen molar-refractivity contribution in [1.29, 1.82) is 0 Å². The van der Waals surface area contributed by atoms with Crippen LogP contribution in [0.5, 0.6) is 0 Å². The molecule has 0 radical (unpaired) electrons. The lowest BCUT2D eigenvalue weighted by atomic mass is 10.0. The van der Waals surface area contributed by atoms with E-state index in [1.807, 2.05) is 0 Å². The van der Waals surface area contributed by atoms with Crippen molar-refractivity contribution in [1.82, 2.24) is 15.1 Å². The topological polar surface area (TPSA) is 119 Å². The first-order chi connectivity index (χ1) is 18.9. The van der Waals surface area contributed by atoms with E-state index in [9.17, 15) is 23.2 Å². The molecular formula is C27H27Cl3F2N4O4. The zero-order valence-electron chi connectivity index (χ0n) is 21.2. The number of nitrogens with one attached hydrogen (secondary N) is 2. The van der Waals surface area contributed by atoms with Gasteiger partial charge in [-0.15, -0.1) is 0 Å². The van der Waals surface area contributed by atoms with E-state index in [1.165, 1.54) is 0 Å². The molecule has 2 amide bonds. The second-order valence-electron chi connectivity index (χ2n) is 8.93. The van der Waals surface area contributed by atoms with Crippen molar-refractivity contribution in [2.75, 3.05) is 6.61 Å². The molecule has 0 aliphatic heterocycles. The molecule has 1 atom stereocenters. The van der Waals surface area contributed by atoms with Gasteiger partial charge in [0.25, 0.3) is 11.5 Å². The molecule has 1 unspecified atom stereocenters. The predicted octanol–water partition coefficient (Wildman–Crippen LogP) is 6.29. The molecule has 3 rings (SSSR count).